The summed E-state index contributed by atoms with van der Waals surface area (Å²) in [7, 11) is 0. The van der Waals surface area contributed by atoms with Crippen molar-refractivity contribution in [2.24, 2.45) is 11.7 Å². The number of benzene rings is 1. The third-order valence-electron chi connectivity index (χ3n) is 3.36. The number of anilines is 1. The summed E-state index contributed by atoms with van der Waals surface area (Å²) in [6.45, 7) is 1.81. The Balaban J connectivity index is 2.08. The highest BCUT2D eigenvalue weighted by atomic mass is 35.5. The van der Waals surface area contributed by atoms with E-state index in [4.69, 9.17) is 22.4 Å². The predicted octanol–water partition coefficient (Wildman–Crippen LogP) is 1.85. The zero-order valence-electron chi connectivity index (χ0n) is 10.8. The first-order chi connectivity index (χ1) is 9.51. The highest BCUT2D eigenvalue weighted by Gasteiger charge is 2.25. The van der Waals surface area contributed by atoms with Gasteiger partial charge >= 0.3 is 12.0 Å². The third-order valence-corrected chi connectivity index (χ3v) is 3.69. The number of hydrogen-bond donors (Lipinski definition) is 3. The Bertz CT molecular complexity index is 536. The molecular weight excluding hydrogens is 282 g/mol. The van der Waals surface area contributed by atoms with Crippen LogP contribution in [0.2, 0.25) is 5.02 Å². The van der Waals surface area contributed by atoms with E-state index in [-0.39, 0.29) is 11.6 Å². The lowest BCUT2D eigenvalue weighted by Crippen LogP contribution is -2.33. The van der Waals surface area contributed by atoms with E-state index in [0.717, 1.165) is 6.42 Å². The van der Waals surface area contributed by atoms with Crippen molar-refractivity contribution >= 4 is 29.3 Å². The summed E-state index contributed by atoms with van der Waals surface area (Å²) in [6.07, 6.45) is 0.882. The molecule has 1 aliphatic rings. The first-order valence-electron chi connectivity index (χ1n) is 6.30. The van der Waals surface area contributed by atoms with E-state index in [9.17, 15) is 9.59 Å². The zero-order valence-corrected chi connectivity index (χ0v) is 11.6. The van der Waals surface area contributed by atoms with E-state index in [2.05, 4.69) is 5.32 Å². The summed E-state index contributed by atoms with van der Waals surface area (Å²) >= 11 is 5.96. The van der Waals surface area contributed by atoms with Crippen molar-refractivity contribution in [3.05, 3.63) is 28.8 Å². The first-order valence-corrected chi connectivity index (χ1v) is 6.68. The van der Waals surface area contributed by atoms with Crippen molar-refractivity contribution in [1.29, 1.82) is 0 Å². The van der Waals surface area contributed by atoms with Crippen LogP contribution < -0.4 is 11.1 Å². The minimum Gasteiger partial charge on any atom is -0.478 e. The van der Waals surface area contributed by atoms with Gasteiger partial charge in [-0.1, -0.05) is 11.6 Å². The van der Waals surface area contributed by atoms with E-state index in [1.807, 2.05) is 0 Å². The highest BCUT2D eigenvalue weighted by molar-refractivity contribution is 6.33. The van der Waals surface area contributed by atoms with Crippen LogP contribution in [0.3, 0.4) is 0 Å². The summed E-state index contributed by atoms with van der Waals surface area (Å²) in [6, 6.07) is 3.90. The van der Waals surface area contributed by atoms with Gasteiger partial charge in [-0.2, -0.15) is 0 Å². The van der Waals surface area contributed by atoms with E-state index >= 15 is 0 Å². The Morgan fingerprint density at radius 1 is 1.50 bits per heavy atom. The summed E-state index contributed by atoms with van der Waals surface area (Å²) in [4.78, 5) is 24.6. The predicted molar refractivity (Wildman–Crippen MR) is 76.2 cm³/mol. The molecule has 1 unspecified atom stereocenters. The summed E-state index contributed by atoms with van der Waals surface area (Å²) in [5.74, 6) is -0.747. The number of nitrogens with one attached hydrogen (secondary N) is 1. The number of nitrogens with zero attached hydrogens (tertiary/aromatic N) is 1. The Morgan fingerprint density at radius 3 is 2.85 bits per heavy atom. The Hall–Kier alpha value is -1.79. The molecule has 0 aromatic heterocycles. The molecule has 0 spiro atoms. The lowest BCUT2D eigenvalue weighted by Gasteiger charge is -2.18. The SMILES string of the molecule is NCC1CCN(C(=O)Nc2cc(C(=O)O)ccc2Cl)C1. The van der Waals surface area contributed by atoms with Crippen LogP contribution in [0.15, 0.2) is 18.2 Å². The van der Waals surface area contributed by atoms with E-state index < -0.39 is 5.97 Å². The van der Waals surface area contributed by atoms with Gasteiger partial charge in [0, 0.05) is 13.1 Å². The van der Waals surface area contributed by atoms with Crippen molar-refractivity contribution in [2.75, 3.05) is 25.0 Å². The van der Waals surface area contributed by atoms with Gasteiger partial charge in [0.15, 0.2) is 0 Å². The van der Waals surface area contributed by atoms with Crippen molar-refractivity contribution in [2.45, 2.75) is 6.42 Å². The summed E-state index contributed by atoms with van der Waals surface area (Å²) in [5.41, 5.74) is 5.96. The van der Waals surface area contributed by atoms with Gasteiger partial charge in [-0.15, -0.1) is 0 Å². The molecule has 1 heterocycles. The molecule has 0 bridgehead atoms. The molecule has 0 saturated carbocycles. The molecule has 1 fully saturated rings. The number of halogens is 1. The van der Waals surface area contributed by atoms with E-state index in [0.29, 0.717) is 36.3 Å². The first kappa shape index (κ1) is 14.6. The van der Waals surface area contributed by atoms with Crippen LogP contribution in [0.5, 0.6) is 0 Å². The van der Waals surface area contributed by atoms with Crippen molar-refractivity contribution in [3.63, 3.8) is 0 Å². The molecule has 1 saturated heterocycles. The molecule has 20 heavy (non-hydrogen) atoms. The molecule has 2 amide bonds. The number of rotatable bonds is 3. The van der Waals surface area contributed by atoms with Crippen molar-refractivity contribution in [1.82, 2.24) is 4.90 Å². The van der Waals surface area contributed by atoms with Crippen LogP contribution in [0.25, 0.3) is 0 Å². The topological polar surface area (TPSA) is 95.7 Å². The maximum absolute atomic E-state index is 12.1. The molecule has 0 aliphatic carbocycles. The van der Waals surface area contributed by atoms with Crippen LogP contribution >= 0.6 is 11.6 Å². The Labute approximate surface area is 121 Å². The lowest BCUT2D eigenvalue weighted by atomic mass is 10.1. The number of carbonyl (C=O) groups excluding carboxylic acids is 1. The fourth-order valence-corrected chi connectivity index (χ4v) is 2.32. The average Bonchev–Trinajstić information content (AvgIpc) is 2.89. The maximum atomic E-state index is 12.1. The number of aromatic carboxylic acids is 1. The molecule has 1 aliphatic heterocycles. The molecule has 7 heteroatoms. The molecule has 2 rings (SSSR count). The van der Waals surface area contributed by atoms with Crippen molar-refractivity contribution in [3.8, 4) is 0 Å². The fourth-order valence-electron chi connectivity index (χ4n) is 2.16. The second-order valence-corrected chi connectivity index (χ2v) is 5.17. The molecular formula is C13H16ClN3O3. The number of nitrogens with two attached hydrogens (primary N) is 1. The molecule has 4 N–H and O–H groups in total. The molecule has 1 aromatic rings. The molecule has 1 aromatic carbocycles. The van der Waals surface area contributed by atoms with Gasteiger partial charge in [0.1, 0.15) is 0 Å². The van der Waals surface area contributed by atoms with Crippen LogP contribution in [0, 0.1) is 5.92 Å². The second-order valence-electron chi connectivity index (χ2n) is 4.77. The Morgan fingerprint density at radius 2 is 2.25 bits per heavy atom. The summed E-state index contributed by atoms with van der Waals surface area (Å²) in [5, 5.41) is 11.9. The lowest BCUT2D eigenvalue weighted by molar-refractivity contribution is 0.0697. The number of likely N-dealkylation sites (tertiary alicyclic amines) is 1. The number of amides is 2. The van der Waals surface area contributed by atoms with Gasteiger partial charge < -0.3 is 21.1 Å². The number of hydrogen-bond acceptors (Lipinski definition) is 3. The minimum atomic E-state index is -1.07. The summed E-state index contributed by atoms with van der Waals surface area (Å²) < 4.78 is 0. The number of carboxylic acids is 1. The van der Waals surface area contributed by atoms with Gasteiger partial charge in [-0.3, -0.25) is 0 Å². The van der Waals surface area contributed by atoms with Gasteiger partial charge in [0.25, 0.3) is 0 Å². The van der Waals surface area contributed by atoms with E-state index in [1.54, 1.807) is 4.90 Å². The Kier molecular flexibility index (Phi) is 4.46. The van der Waals surface area contributed by atoms with E-state index in [1.165, 1.54) is 18.2 Å². The van der Waals surface area contributed by atoms with Crippen LogP contribution in [-0.4, -0.2) is 41.6 Å². The zero-order chi connectivity index (χ0) is 14.7. The van der Waals surface area contributed by atoms with Gasteiger partial charge in [-0.05, 0) is 37.1 Å². The molecule has 0 radical (unpaired) electrons. The minimum absolute atomic E-state index is 0.0750. The van der Waals surface area contributed by atoms with Gasteiger partial charge in [0.05, 0.1) is 16.3 Å². The average molecular weight is 298 g/mol. The maximum Gasteiger partial charge on any atom is 0.335 e. The largest absolute Gasteiger partial charge is 0.478 e. The quantitative estimate of drug-likeness (QED) is 0.793. The standard InChI is InChI=1S/C13H16ClN3O3/c14-10-2-1-9(12(18)19)5-11(10)16-13(20)17-4-3-8(6-15)7-17/h1-2,5,8H,3-4,6-7,15H2,(H,16,20)(H,18,19). The number of carboxylic acid groups (broad SMARTS) is 1. The smallest absolute Gasteiger partial charge is 0.335 e. The highest BCUT2D eigenvalue weighted by Crippen LogP contribution is 2.24. The van der Waals surface area contributed by atoms with Crippen LogP contribution in [0.4, 0.5) is 10.5 Å². The normalized spacial score (nSPS) is 18.1. The number of carbonyl (C=O) groups is 2. The second kappa shape index (κ2) is 6.11. The molecule has 6 nitrogen and oxygen atoms in total. The number of urea groups is 1. The van der Waals surface area contributed by atoms with Gasteiger partial charge in [0.2, 0.25) is 0 Å². The fraction of sp³-hybridized carbons (Fsp3) is 0.385. The van der Waals surface area contributed by atoms with Crippen LogP contribution in [0.1, 0.15) is 16.8 Å². The molecule has 1 atom stereocenters. The molecule has 108 valence electrons. The monoisotopic (exact) mass is 297 g/mol. The van der Waals surface area contributed by atoms with Crippen LogP contribution in [-0.2, 0) is 0 Å². The van der Waals surface area contributed by atoms with Gasteiger partial charge in [-0.25, -0.2) is 9.59 Å². The van der Waals surface area contributed by atoms with Crippen molar-refractivity contribution < 1.29 is 14.7 Å². The third kappa shape index (κ3) is 3.20.